The highest BCUT2D eigenvalue weighted by Crippen LogP contribution is 2.37. The molecule has 0 radical (unpaired) electrons. The van der Waals surface area contributed by atoms with Crippen molar-refractivity contribution in [2.75, 3.05) is 25.7 Å². The number of hydrogen-bond donors (Lipinski definition) is 0. The van der Waals surface area contributed by atoms with E-state index in [0.29, 0.717) is 12.3 Å². The average Bonchev–Trinajstić information content (AvgIpc) is 2.46. The van der Waals surface area contributed by atoms with Gasteiger partial charge in [-0.2, -0.15) is 0 Å². The van der Waals surface area contributed by atoms with Crippen molar-refractivity contribution in [3.05, 3.63) is 0 Å². The summed E-state index contributed by atoms with van der Waals surface area (Å²) in [5.74, 6) is 0. The Balaban J connectivity index is 3.23. The number of rotatable bonds is 17. The normalized spacial score (nSPS) is 13.6. The van der Waals surface area contributed by atoms with Gasteiger partial charge in [-0.25, -0.2) is 0 Å². The quantitative estimate of drug-likeness (QED) is 0.184. The Morgan fingerprint density at radius 2 is 0.750 bits per heavy atom. The fourth-order valence-electron chi connectivity index (χ4n) is 2.23. The van der Waals surface area contributed by atoms with Crippen molar-refractivity contribution in [2.45, 2.75) is 64.2 Å². The molecule has 10 heteroatoms. The Morgan fingerprint density at radius 3 is 1.00 bits per heavy atom. The molecule has 4 atom stereocenters. The van der Waals surface area contributed by atoms with Crippen LogP contribution in [0.5, 0.6) is 0 Å². The maximum absolute atomic E-state index is 11.3. The first-order chi connectivity index (χ1) is 11.4. The highest BCUT2D eigenvalue weighted by Gasteiger charge is 2.29. The van der Waals surface area contributed by atoms with Gasteiger partial charge in [0.05, 0.1) is 0 Å². The fourth-order valence-corrected chi connectivity index (χ4v) is 5.90. The molecule has 0 N–H and O–H groups in total. The van der Waals surface area contributed by atoms with E-state index < -0.39 is 32.1 Å². The Kier molecular flexibility index (Phi) is 17.0. The molecule has 0 aliphatic rings. The molecule has 0 aliphatic heterocycles. The molecular weight excluding hydrogens is 388 g/mol. The molecule has 0 aromatic carbocycles. The Bertz CT molecular complexity index is 378. The van der Waals surface area contributed by atoms with Crippen LogP contribution in [0, 0.1) is 0 Å². The maximum atomic E-state index is 11.3. The minimum Gasteiger partial charge on any atom is -0.0533 e. The van der Waals surface area contributed by atoms with Crippen LogP contribution >= 0.6 is 32.1 Å². The van der Waals surface area contributed by atoms with Gasteiger partial charge in [-0.1, -0.05) is 38.5 Å². The highest BCUT2D eigenvalue weighted by atomic mass is 31.2. The molecule has 0 saturated heterocycles. The van der Waals surface area contributed by atoms with E-state index in [1.165, 1.54) is 39.0 Å². The van der Waals surface area contributed by atoms with Crippen LogP contribution in [0.15, 0.2) is 0 Å². The van der Waals surface area contributed by atoms with Crippen LogP contribution in [0.2, 0.25) is 0 Å². The van der Waals surface area contributed by atoms with Crippen LogP contribution < -0.4 is 0 Å². The average molecular weight is 418 g/mol. The molecule has 0 aromatic heterocycles. The van der Waals surface area contributed by atoms with Gasteiger partial charge >= 0.3 is 32.1 Å². The molecule has 0 amide bonds. The van der Waals surface area contributed by atoms with Gasteiger partial charge in [0.15, 0.2) is 25.7 Å². The second-order valence-corrected chi connectivity index (χ2v) is 11.0. The van der Waals surface area contributed by atoms with Crippen LogP contribution in [0.4, 0.5) is 0 Å². The summed E-state index contributed by atoms with van der Waals surface area (Å²) in [6.45, 7) is 2.84. The predicted molar refractivity (Wildman–Crippen MR) is 100 cm³/mol. The van der Waals surface area contributed by atoms with E-state index in [0.717, 1.165) is 38.5 Å². The van der Waals surface area contributed by atoms with Gasteiger partial charge < -0.3 is 0 Å². The van der Waals surface area contributed by atoms with E-state index in [9.17, 15) is 18.3 Å². The second-order valence-electron chi connectivity index (χ2n) is 5.69. The minimum atomic E-state index is -1.76. The van der Waals surface area contributed by atoms with Gasteiger partial charge in [0.25, 0.3) is 0 Å². The summed E-state index contributed by atoms with van der Waals surface area (Å²) in [6, 6.07) is 0. The zero-order chi connectivity index (χ0) is 18.2. The molecule has 0 spiro atoms. The smallest absolute Gasteiger partial charge is 0.0533 e. The summed E-state index contributed by atoms with van der Waals surface area (Å²) in [7, 11) is -7.01. The number of hydrogen-bond acceptors (Lipinski definition) is 6. The van der Waals surface area contributed by atoms with E-state index in [-0.39, 0.29) is 0 Å². The van der Waals surface area contributed by atoms with Gasteiger partial charge in [0, 0.05) is 0 Å². The molecule has 6 nitrogen and oxygen atoms in total. The van der Waals surface area contributed by atoms with Crippen molar-refractivity contribution in [1.29, 1.82) is 0 Å². The van der Waals surface area contributed by atoms with Gasteiger partial charge in [-0.15, -0.1) is 0 Å². The van der Waals surface area contributed by atoms with Crippen molar-refractivity contribution in [2.24, 2.45) is 0 Å². The molecule has 0 saturated carbocycles. The number of unbranched alkanes of at least 4 members (excludes halogenated alkanes) is 9. The molecule has 0 aromatic rings. The molecule has 0 heterocycles. The van der Waals surface area contributed by atoms with Crippen LogP contribution in [-0.4, -0.2) is 25.7 Å². The Labute approximate surface area is 149 Å². The molecule has 4 unspecified atom stereocenters. The third kappa shape index (κ3) is 18.7. The molecule has 24 heavy (non-hydrogen) atoms. The predicted octanol–water partition coefficient (Wildman–Crippen LogP) is 7.15. The molecule has 138 valence electrons. The lowest BCUT2D eigenvalue weighted by molar-refractivity contribution is 0.486. The zero-order valence-electron chi connectivity index (χ0n) is 14.7. The molecule has 0 aliphatic carbocycles. The first-order valence-corrected chi connectivity index (χ1v) is 14.5. The van der Waals surface area contributed by atoms with Gasteiger partial charge in [0.2, 0.25) is 0 Å². The van der Waals surface area contributed by atoms with Crippen LogP contribution in [0.25, 0.3) is 0 Å². The van der Waals surface area contributed by atoms with Crippen LogP contribution in [-0.2, 0) is 26.9 Å². The zero-order valence-corrected chi connectivity index (χ0v) is 18.3. The van der Waals surface area contributed by atoms with E-state index in [1.807, 2.05) is 0 Å². The minimum absolute atomic E-state index is 0.502. The molecular formula is C14H30O6P4+4. The highest BCUT2D eigenvalue weighted by molar-refractivity contribution is 7.52. The third-order valence-electron chi connectivity index (χ3n) is 3.34. The van der Waals surface area contributed by atoms with Crippen molar-refractivity contribution < 1.29 is 26.9 Å². The van der Waals surface area contributed by atoms with Crippen molar-refractivity contribution >= 4 is 32.1 Å². The lowest BCUT2D eigenvalue weighted by Gasteiger charge is -2.00. The van der Waals surface area contributed by atoms with Crippen molar-refractivity contribution in [3.8, 4) is 0 Å². The standard InChI is InChI=1S/C14H30O6P4/c1-21(15)19-23(17)13-11-9-7-5-3-4-6-8-10-12-14-24(18)20-22(2)16/h3-14H2,1-2H3/q+4. The van der Waals surface area contributed by atoms with Crippen LogP contribution in [0.1, 0.15) is 64.2 Å². The van der Waals surface area contributed by atoms with Crippen LogP contribution in [0.3, 0.4) is 0 Å². The maximum Gasteiger partial charge on any atom is 0.561 e. The van der Waals surface area contributed by atoms with E-state index >= 15 is 0 Å². The Morgan fingerprint density at radius 1 is 0.500 bits per heavy atom. The summed E-state index contributed by atoms with van der Waals surface area (Å²) >= 11 is 0. The van der Waals surface area contributed by atoms with Gasteiger partial charge in [-0.05, 0) is 43.9 Å². The largest absolute Gasteiger partial charge is 0.561 e. The monoisotopic (exact) mass is 418 g/mol. The van der Waals surface area contributed by atoms with Crippen molar-refractivity contribution in [3.63, 3.8) is 0 Å². The van der Waals surface area contributed by atoms with E-state index in [4.69, 9.17) is 8.62 Å². The third-order valence-corrected chi connectivity index (χ3v) is 8.00. The fraction of sp³-hybridized carbons (Fsp3) is 1.00. The van der Waals surface area contributed by atoms with E-state index in [1.54, 1.807) is 0 Å². The summed E-state index contributed by atoms with van der Waals surface area (Å²) in [4.78, 5) is 0. The molecule has 0 fully saturated rings. The summed E-state index contributed by atoms with van der Waals surface area (Å²) in [5.41, 5.74) is 0. The van der Waals surface area contributed by atoms with Gasteiger partial charge in [0.1, 0.15) is 8.62 Å². The first-order valence-electron chi connectivity index (χ1n) is 8.49. The molecule has 0 bridgehead atoms. The second kappa shape index (κ2) is 16.8. The van der Waals surface area contributed by atoms with Gasteiger partial charge in [-0.3, -0.25) is 0 Å². The lowest BCUT2D eigenvalue weighted by atomic mass is 10.1. The summed E-state index contributed by atoms with van der Waals surface area (Å²) in [5, 5.41) is 0. The van der Waals surface area contributed by atoms with Crippen molar-refractivity contribution in [1.82, 2.24) is 0 Å². The Hall–Kier alpha value is 0.320. The van der Waals surface area contributed by atoms with E-state index in [2.05, 4.69) is 0 Å². The first kappa shape index (κ1) is 24.3. The SMILES string of the molecule is C[P+](=O)O[P+](=O)CCCCCCCCCCCC[P+](=O)O[P+](C)=O. The topological polar surface area (TPSA) is 86.7 Å². The summed E-state index contributed by atoms with van der Waals surface area (Å²) in [6.07, 6.45) is 11.9. The molecule has 0 rings (SSSR count). The summed E-state index contributed by atoms with van der Waals surface area (Å²) < 4.78 is 53.6. The lowest BCUT2D eigenvalue weighted by Crippen LogP contribution is -1.85.